The molecule has 0 radical (unpaired) electrons. The Hall–Kier alpha value is -3.49. The van der Waals surface area contributed by atoms with E-state index in [9.17, 15) is 4.79 Å². The largest absolute Gasteiger partial charge is 0.496 e. The summed E-state index contributed by atoms with van der Waals surface area (Å²) in [6.45, 7) is 6.55. The van der Waals surface area contributed by atoms with Crippen molar-refractivity contribution in [3.63, 3.8) is 0 Å². The molecular weight excluding hydrogens is 484 g/mol. The molecule has 1 N–H and O–H groups in total. The number of benzene rings is 2. The van der Waals surface area contributed by atoms with Crippen LogP contribution in [0.1, 0.15) is 45.2 Å². The number of aryl methyl sites for hydroxylation is 2. The number of carbonyl (C=O) groups is 1. The number of carbonyl (C=O) groups excluding carboxylic acids is 1. The molecule has 3 heterocycles. The van der Waals surface area contributed by atoms with E-state index in [-0.39, 0.29) is 11.3 Å². The lowest BCUT2D eigenvalue weighted by Crippen LogP contribution is -2.44. The lowest BCUT2D eigenvalue weighted by Gasteiger charge is -2.35. The fourth-order valence-corrected chi connectivity index (χ4v) is 5.93. The molecule has 0 unspecified atom stereocenters. The summed E-state index contributed by atoms with van der Waals surface area (Å²) in [6, 6.07) is 17.7. The van der Waals surface area contributed by atoms with E-state index in [1.807, 2.05) is 60.1 Å². The van der Waals surface area contributed by atoms with Crippen molar-refractivity contribution in [2.45, 2.75) is 38.6 Å². The van der Waals surface area contributed by atoms with Gasteiger partial charge in [0.25, 0.3) is 5.91 Å². The average Bonchev–Trinajstić information content (AvgIpc) is 3.55. The molecule has 0 saturated carbocycles. The quantitative estimate of drug-likeness (QED) is 0.350. The molecule has 1 fully saturated rings. The van der Waals surface area contributed by atoms with Gasteiger partial charge in [0.2, 0.25) is 0 Å². The number of hydrogen-bond acceptors (Lipinski definition) is 6. The number of aromatic nitrogens is 3. The van der Waals surface area contributed by atoms with Crippen LogP contribution in [0.3, 0.4) is 0 Å². The fourth-order valence-electron chi connectivity index (χ4n) is 4.85. The normalized spacial score (nSPS) is 14.9. The summed E-state index contributed by atoms with van der Waals surface area (Å²) in [5.74, 6) is 0.722. The number of para-hydroxylation sites is 1. The molecule has 192 valence electrons. The number of methoxy groups -OCH3 is 1. The van der Waals surface area contributed by atoms with E-state index in [0.717, 1.165) is 51.8 Å². The molecule has 0 spiro atoms. The third-order valence-corrected chi connectivity index (χ3v) is 8.12. The molecule has 1 amide bonds. The van der Waals surface area contributed by atoms with Gasteiger partial charge in [-0.25, -0.2) is 4.98 Å². The second-order valence-electron chi connectivity index (χ2n) is 9.60. The van der Waals surface area contributed by atoms with Gasteiger partial charge in [0.15, 0.2) is 0 Å². The Kier molecular flexibility index (Phi) is 7.39. The summed E-state index contributed by atoms with van der Waals surface area (Å²) in [5.41, 5.74) is 5.49. The second kappa shape index (κ2) is 10.9. The molecular formula is C29H32N4O3S. The van der Waals surface area contributed by atoms with Crippen molar-refractivity contribution in [1.82, 2.24) is 20.1 Å². The van der Waals surface area contributed by atoms with Gasteiger partial charge >= 0.3 is 0 Å². The Bertz CT molecular complexity index is 1370. The molecule has 2 aromatic heterocycles. The van der Waals surface area contributed by atoms with Crippen molar-refractivity contribution in [2.75, 3.05) is 26.9 Å². The van der Waals surface area contributed by atoms with Crippen molar-refractivity contribution >= 4 is 17.2 Å². The average molecular weight is 517 g/mol. The number of amides is 1. The Morgan fingerprint density at radius 1 is 1.14 bits per heavy atom. The molecule has 1 saturated heterocycles. The molecule has 7 nitrogen and oxygen atoms in total. The lowest BCUT2D eigenvalue weighted by atomic mass is 9.80. The van der Waals surface area contributed by atoms with Crippen molar-refractivity contribution in [1.29, 1.82) is 0 Å². The van der Waals surface area contributed by atoms with Gasteiger partial charge in [-0.05, 0) is 62.6 Å². The van der Waals surface area contributed by atoms with Crippen LogP contribution in [0.2, 0.25) is 0 Å². The molecule has 2 aromatic carbocycles. The number of nitrogens with one attached hydrogen (secondary N) is 1. The van der Waals surface area contributed by atoms with Crippen LogP contribution in [-0.4, -0.2) is 47.5 Å². The highest BCUT2D eigenvalue weighted by atomic mass is 32.1. The van der Waals surface area contributed by atoms with Gasteiger partial charge in [-0.3, -0.25) is 9.48 Å². The Labute approximate surface area is 221 Å². The molecule has 0 bridgehead atoms. The highest BCUT2D eigenvalue weighted by Gasteiger charge is 2.38. The minimum Gasteiger partial charge on any atom is -0.496 e. The zero-order valence-corrected chi connectivity index (χ0v) is 22.3. The smallest absolute Gasteiger partial charge is 0.251 e. The maximum Gasteiger partial charge on any atom is 0.251 e. The van der Waals surface area contributed by atoms with Crippen LogP contribution in [0.25, 0.3) is 11.3 Å². The maximum atomic E-state index is 13.1. The van der Waals surface area contributed by atoms with Crippen molar-refractivity contribution < 1.29 is 14.3 Å². The monoisotopic (exact) mass is 516 g/mol. The van der Waals surface area contributed by atoms with E-state index in [2.05, 4.69) is 28.8 Å². The summed E-state index contributed by atoms with van der Waals surface area (Å²) in [6.07, 6.45) is 1.63. The van der Waals surface area contributed by atoms with Crippen LogP contribution >= 0.6 is 11.3 Å². The second-order valence-corrected chi connectivity index (χ2v) is 10.5. The van der Waals surface area contributed by atoms with Crippen LogP contribution < -0.4 is 10.1 Å². The van der Waals surface area contributed by atoms with E-state index in [4.69, 9.17) is 14.5 Å². The first-order valence-corrected chi connectivity index (χ1v) is 13.4. The van der Waals surface area contributed by atoms with Gasteiger partial charge in [-0.1, -0.05) is 24.3 Å². The van der Waals surface area contributed by atoms with Gasteiger partial charge < -0.3 is 14.8 Å². The van der Waals surface area contributed by atoms with Crippen LogP contribution in [0.4, 0.5) is 0 Å². The van der Waals surface area contributed by atoms with Crippen LogP contribution in [0, 0.1) is 13.8 Å². The summed E-state index contributed by atoms with van der Waals surface area (Å²) in [4.78, 5) is 18.1. The third kappa shape index (κ3) is 5.45. The van der Waals surface area contributed by atoms with Crippen LogP contribution in [0.5, 0.6) is 5.75 Å². The maximum absolute atomic E-state index is 13.1. The first-order valence-electron chi connectivity index (χ1n) is 12.5. The number of nitrogens with zero attached hydrogens (tertiary/aromatic N) is 3. The minimum atomic E-state index is -0.256. The topological polar surface area (TPSA) is 78.3 Å². The van der Waals surface area contributed by atoms with Gasteiger partial charge in [0, 0.05) is 47.4 Å². The Balaban J connectivity index is 1.29. The van der Waals surface area contributed by atoms with E-state index >= 15 is 0 Å². The van der Waals surface area contributed by atoms with E-state index in [1.165, 1.54) is 0 Å². The zero-order chi connectivity index (χ0) is 25.8. The first kappa shape index (κ1) is 25.2. The number of thiazole rings is 1. The summed E-state index contributed by atoms with van der Waals surface area (Å²) >= 11 is 1.64. The van der Waals surface area contributed by atoms with Crippen LogP contribution in [0.15, 0.2) is 60.0 Å². The van der Waals surface area contributed by atoms with Crippen molar-refractivity contribution in [3.8, 4) is 17.0 Å². The van der Waals surface area contributed by atoms with Crippen molar-refractivity contribution in [2.24, 2.45) is 0 Å². The highest BCUT2D eigenvalue weighted by molar-refractivity contribution is 7.10. The summed E-state index contributed by atoms with van der Waals surface area (Å²) in [7, 11) is 1.67. The molecule has 37 heavy (non-hydrogen) atoms. The predicted octanol–water partition coefficient (Wildman–Crippen LogP) is 5.16. The predicted molar refractivity (Wildman–Crippen MR) is 145 cm³/mol. The Morgan fingerprint density at radius 3 is 2.59 bits per heavy atom. The minimum absolute atomic E-state index is 0.0787. The van der Waals surface area contributed by atoms with E-state index < -0.39 is 0 Å². The highest BCUT2D eigenvalue weighted by Crippen LogP contribution is 2.39. The van der Waals surface area contributed by atoms with Gasteiger partial charge in [-0.15, -0.1) is 11.3 Å². The lowest BCUT2D eigenvalue weighted by molar-refractivity contribution is 0.0486. The molecule has 0 aliphatic carbocycles. The van der Waals surface area contributed by atoms with Crippen molar-refractivity contribution in [3.05, 3.63) is 87.5 Å². The van der Waals surface area contributed by atoms with Gasteiger partial charge in [0.05, 0.1) is 25.0 Å². The number of rotatable bonds is 8. The standard InChI is InChI=1S/C29H32N4O3S/c1-20-16-21(2)33(32-20)17-22-8-10-23(11-9-22)27(34)30-19-29(12-14-36-15-13-29)28-31-25(18-37-28)24-6-4-5-7-26(24)35-3/h4-11,16,18H,12-15,17,19H2,1-3H3,(H,30,34). The Morgan fingerprint density at radius 2 is 1.89 bits per heavy atom. The summed E-state index contributed by atoms with van der Waals surface area (Å²) in [5, 5.41) is 10.8. The fraction of sp³-hybridized carbons (Fsp3) is 0.345. The molecule has 0 atom stereocenters. The summed E-state index contributed by atoms with van der Waals surface area (Å²) < 4.78 is 13.2. The number of hydrogen-bond donors (Lipinski definition) is 1. The SMILES string of the molecule is COc1ccccc1-c1csc(C2(CNC(=O)c3ccc(Cn4nc(C)cc4C)cc3)CCOCC2)n1. The molecule has 4 aromatic rings. The molecule has 1 aliphatic rings. The van der Waals surface area contributed by atoms with Gasteiger partial charge in [0.1, 0.15) is 10.8 Å². The third-order valence-electron chi connectivity index (χ3n) is 7.03. The molecule has 5 rings (SSSR count). The first-order chi connectivity index (χ1) is 18.0. The zero-order valence-electron chi connectivity index (χ0n) is 21.5. The molecule has 1 aliphatic heterocycles. The number of ether oxygens (including phenoxy) is 2. The van der Waals surface area contributed by atoms with Crippen LogP contribution in [-0.2, 0) is 16.7 Å². The van der Waals surface area contributed by atoms with Gasteiger partial charge in [-0.2, -0.15) is 5.10 Å². The molecule has 8 heteroatoms. The van der Waals surface area contributed by atoms with E-state index in [0.29, 0.717) is 31.9 Å². The van der Waals surface area contributed by atoms with E-state index in [1.54, 1.807) is 18.4 Å².